The summed E-state index contributed by atoms with van der Waals surface area (Å²) in [6.07, 6.45) is 0. The van der Waals surface area contributed by atoms with E-state index in [-0.39, 0.29) is 11.6 Å². The van der Waals surface area contributed by atoms with Crippen LogP contribution in [-0.4, -0.2) is 31.1 Å². The van der Waals surface area contributed by atoms with Crippen molar-refractivity contribution in [1.82, 2.24) is 10.2 Å². The maximum Gasteiger partial charge on any atom is 0.134 e. The van der Waals surface area contributed by atoms with Gasteiger partial charge in [-0.1, -0.05) is 18.2 Å². The predicted molar refractivity (Wildman–Crippen MR) is 80.4 cm³/mol. The van der Waals surface area contributed by atoms with Crippen molar-refractivity contribution in [2.45, 2.75) is 32.4 Å². The smallest absolute Gasteiger partial charge is 0.134 e. The maximum atomic E-state index is 5.88. The Morgan fingerprint density at radius 1 is 1.26 bits per heavy atom. The van der Waals surface area contributed by atoms with E-state index in [0.717, 1.165) is 23.3 Å². The molecule has 2 rings (SSSR count). The Morgan fingerprint density at radius 2 is 1.95 bits per heavy atom. The van der Waals surface area contributed by atoms with Crippen LogP contribution in [0.25, 0.3) is 11.0 Å². The molecule has 1 aromatic carbocycles. The number of nitrogens with one attached hydrogen (secondary N) is 1. The second-order valence-electron chi connectivity index (χ2n) is 6.00. The minimum absolute atomic E-state index is 0.125. The Morgan fingerprint density at radius 3 is 2.58 bits per heavy atom. The first-order valence-electron chi connectivity index (χ1n) is 6.79. The molecule has 0 bridgehead atoms. The van der Waals surface area contributed by atoms with Crippen molar-refractivity contribution in [2.24, 2.45) is 0 Å². The molecule has 0 amide bonds. The number of likely N-dealkylation sites (N-methyl/N-ethyl adjacent to an activating group) is 1. The molecule has 1 N–H and O–H groups in total. The van der Waals surface area contributed by atoms with E-state index in [1.54, 1.807) is 0 Å². The Balaban J connectivity index is 2.05. The first-order chi connectivity index (χ1) is 8.90. The van der Waals surface area contributed by atoms with Crippen LogP contribution in [0, 0.1) is 0 Å². The van der Waals surface area contributed by atoms with Gasteiger partial charge in [-0.25, -0.2) is 0 Å². The van der Waals surface area contributed by atoms with E-state index >= 15 is 0 Å². The zero-order chi connectivity index (χ0) is 14.0. The average molecular weight is 260 g/mol. The number of fused-ring (bicyclic) bond motifs is 1. The Hall–Kier alpha value is -1.32. The normalized spacial score (nSPS) is 14.2. The summed E-state index contributed by atoms with van der Waals surface area (Å²) in [7, 11) is 4.21. The van der Waals surface area contributed by atoms with Gasteiger partial charge in [-0.15, -0.1) is 0 Å². The summed E-state index contributed by atoms with van der Waals surface area (Å²) >= 11 is 0. The van der Waals surface area contributed by atoms with Gasteiger partial charge in [0.05, 0.1) is 6.04 Å². The van der Waals surface area contributed by atoms with Gasteiger partial charge in [0.2, 0.25) is 0 Å². The second-order valence-corrected chi connectivity index (χ2v) is 6.00. The van der Waals surface area contributed by atoms with Crippen molar-refractivity contribution in [1.29, 1.82) is 0 Å². The fourth-order valence-corrected chi connectivity index (χ4v) is 1.88. The average Bonchev–Trinajstić information content (AvgIpc) is 2.79. The fourth-order valence-electron chi connectivity index (χ4n) is 1.88. The monoisotopic (exact) mass is 260 g/mol. The first-order valence-corrected chi connectivity index (χ1v) is 6.79. The molecule has 0 saturated carbocycles. The van der Waals surface area contributed by atoms with Crippen molar-refractivity contribution in [3.05, 3.63) is 36.1 Å². The minimum atomic E-state index is 0.125. The van der Waals surface area contributed by atoms with Crippen LogP contribution < -0.4 is 5.32 Å². The van der Waals surface area contributed by atoms with Crippen LogP contribution in [0.4, 0.5) is 0 Å². The third-order valence-electron chi connectivity index (χ3n) is 3.92. The number of nitrogens with zero attached hydrogens (tertiary/aromatic N) is 1. The number of benzene rings is 1. The maximum absolute atomic E-state index is 5.88. The zero-order valence-electron chi connectivity index (χ0n) is 12.5. The van der Waals surface area contributed by atoms with Gasteiger partial charge in [-0.3, -0.25) is 0 Å². The molecule has 19 heavy (non-hydrogen) atoms. The van der Waals surface area contributed by atoms with Crippen LogP contribution in [-0.2, 0) is 0 Å². The van der Waals surface area contributed by atoms with Crippen molar-refractivity contribution < 1.29 is 4.42 Å². The summed E-state index contributed by atoms with van der Waals surface area (Å²) in [5.74, 6) is 0.996. The second kappa shape index (κ2) is 5.35. The van der Waals surface area contributed by atoms with E-state index in [0.29, 0.717) is 0 Å². The number of furan rings is 1. The summed E-state index contributed by atoms with van der Waals surface area (Å²) in [5, 5.41) is 4.71. The first kappa shape index (κ1) is 14.1. The standard InChI is InChI=1S/C16H24N2O/c1-12(17-11-16(2,3)18(4)5)15-10-13-8-6-7-9-14(13)19-15/h6-10,12,17H,11H2,1-5H3. The van der Waals surface area contributed by atoms with Crippen molar-refractivity contribution >= 4 is 11.0 Å². The molecule has 0 aliphatic rings. The summed E-state index contributed by atoms with van der Waals surface area (Å²) in [5.41, 5.74) is 1.08. The molecular weight excluding hydrogens is 236 g/mol. The summed E-state index contributed by atoms with van der Waals surface area (Å²) in [6.45, 7) is 7.51. The van der Waals surface area contributed by atoms with Gasteiger partial charge in [-0.2, -0.15) is 0 Å². The van der Waals surface area contributed by atoms with Crippen LogP contribution in [0.15, 0.2) is 34.7 Å². The fraction of sp³-hybridized carbons (Fsp3) is 0.500. The van der Waals surface area contributed by atoms with Gasteiger partial charge < -0.3 is 14.6 Å². The topological polar surface area (TPSA) is 28.4 Å². The zero-order valence-corrected chi connectivity index (χ0v) is 12.5. The van der Waals surface area contributed by atoms with Gasteiger partial charge >= 0.3 is 0 Å². The summed E-state index contributed by atoms with van der Waals surface area (Å²) < 4.78 is 5.88. The van der Waals surface area contributed by atoms with Crippen LogP contribution in [0.2, 0.25) is 0 Å². The van der Waals surface area contributed by atoms with Crippen LogP contribution in [0.5, 0.6) is 0 Å². The van der Waals surface area contributed by atoms with Crippen molar-refractivity contribution in [3.63, 3.8) is 0 Å². The van der Waals surface area contributed by atoms with Crippen molar-refractivity contribution in [3.8, 4) is 0 Å². The molecule has 1 heterocycles. The van der Waals surface area contributed by atoms with Gasteiger partial charge in [0.15, 0.2) is 0 Å². The molecule has 0 radical (unpaired) electrons. The molecule has 3 nitrogen and oxygen atoms in total. The summed E-state index contributed by atoms with van der Waals surface area (Å²) in [6, 6.07) is 10.5. The lowest BCUT2D eigenvalue weighted by molar-refractivity contribution is 0.183. The molecule has 1 aromatic heterocycles. The lowest BCUT2D eigenvalue weighted by atomic mass is 10.0. The third-order valence-corrected chi connectivity index (χ3v) is 3.92. The lowest BCUT2D eigenvalue weighted by Crippen LogP contribution is -2.47. The number of hydrogen-bond donors (Lipinski definition) is 1. The Bertz CT molecular complexity index is 509. The van der Waals surface area contributed by atoms with E-state index in [2.05, 4.69) is 57.2 Å². The number of para-hydroxylation sites is 1. The molecule has 0 spiro atoms. The highest BCUT2D eigenvalue weighted by molar-refractivity contribution is 5.77. The molecule has 0 aliphatic carbocycles. The van der Waals surface area contributed by atoms with E-state index in [9.17, 15) is 0 Å². The molecular formula is C16H24N2O. The van der Waals surface area contributed by atoms with E-state index < -0.39 is 0 Å². The van der Waals surface area contributed by atoms with Crippen LogP contribution in [0.3, 0.4) is 0 Å². The highest BCUT2D eigenvalue weighted by Gasteiger charge is 2.21. The van der Waals surface area contributed by atoms with Crippen molar-refractivity contribution in [2.75, 3.05) is 20.6 Å². The molecule has 2 aromatic rings. The molecule has 0 saturated heterocycles. The van der Waals surface area contributed by atoms with E-state index in [4.69, 9.17) is 4.42 Å². The largest absolute Gasteiger partial charge is 0.459 e. The molecule has 1 atom stereocenters. The van der Waals surface area contributed by atoms with Crippen LogP contribution in [0.1, 0.15) is 32.6 Å². The quantitative estimate of drug-likeness (QED) is 0.893. The molecule has 104 valence electrons. The highest BCUT2D eigenvalue weighted by Crippen LogP contribution is 2.24. The van der Waals surface area contributed by atoms with Gasteiger partial charge in [0.1, 0.15) is 11.3 Å². The van der Waals surface area contributed by atoms with Gasteiger partial charge in [0.25, 0.3) is 0 Å². The van der Waals surface area contributed by atoms with Gasteiger partial charge in [-0.05, 0) is 47.0 Å². The lowest BCUT2D eigenvalue weighted by Gasteiger charge is -2.33. The van der Waals surface area contributed by atoms with E-state index in [1.165, 1.54) is 0 Å². The third kappa shape index (κ3) is 3.17. The van der Waals surface area contributed by atoms with Crippen LogP contribution >= 0.6 is 0 Å². The number of rotatable bonds is 5. The highest BCUT2D eigenvalue weighted by atomic mass is 16.3. The molecule has 3 heteroatoms. The SMILES string of the molecule is CC(NCC(C)(C)N(C)C)c1cc2ccccc2o1. The van der Waals surface area contributed by atoms with Gasteiger partial charge in [0, 0.05) is 17.5 Å². The minimum Gasteiger partial charge on any atom is -0.459 e. The predicted octanol–water partition coefficient (Wildman–Crippen LogP) is 3.42. The Labute approximate surface area is 115 Å². The molecule has 0 aliphatic heterocycles. The molecule has 0 fully saturated rings. The summed E-state index contributed by atoms with van der Waals surface area (Å²) in [4.78, 5) is 2.23. The van der Waals surface area contributed by atoms with E-state index in [1.807, 2.05) is 18.2 Å². The molecule has 1 unspecified atom stereocenters. The Kier molecular flexibility index (Phi) is 3.97. The number of hydrogen-bond acceptors (Lipinski definition) is 3.